The van der Waals surface area contributed by atoms with Gasteiger partial charge in [-0.25, -0.2) is 4.79 Å². The Bertz CT molecular complexity index is 1140. The van der Waals surface area contributed by atoms with Gasteiger partial charge in [0.15, 0.2) is 11.5 Å². The van der Waals surface area contributed by atoms with Gasteiger partial charge in [-0.3, -0.25) is 9.59 Å². The van der Waals surface area contributed by atoms with E-state index in [1.165, 1.54) is 6.07 Å². The standard InChI is InChI=1S/C24H23N3O6/c1-14(10-22(28)29)26-23(30)21-11-15(33-27-21)12-25-24(31)32-13-20-18-8-4-2-6-16(18)17-7-3-5-9-19(17)20/h2-9,11,14,20H,10,12-13H2,1H3,(H,25,31)(H,26,30)(H,28,29)/t14-/m1/s1. The van der Waals surface area contributed by atoms with Crippen LogP contribution in [-0.2, 0) is 16.1 Å². The van der Waals surface area contributed by atoms with Crippen molar-refractivity contribution < 1.29 is 28.8 Å². The summed E-state index contributed by atoms with van der Waals surface area (Å²) in [6, 6.07) is 17.0. The van der Waals surface area contributed by atoms with Crippen molar-refractivity contribution in [3.63, 3.8) is 0 Å². The van der Waals surface area contributed by atoms with Crippen molar-refractivity contribution in [2.75, 3.05) is 6.61 Å². The maximum Gasteiger partial charge on any atom is 0.407 e. The molecule has 9 nitrogen and oxygen atoms in total. The zero-order chi connectivity index (χ0) is 23.4. The SMILES string of the molecule is C[C@H](CC(=O)O)NC(=O)c1cc(CNC(=O)OCC2c3ccccc3-c3ccccc32)on1. The Hall–Kier alpha value is -4.14. The second-order valence-electron chi connectivity index (χ2n) is 7.83. The Morgan fingerprint density at radius 2 is 1.73 bits per heavy atom. The van der Waals surface area contributed by atoms with Gasteiger partial charge < -0.3 is 25.0 Å². The van der Waals surface area contributed by atoms with Crippen LogP contribution >= 0.6 is 0 Å². The molecule has 0 aliphatic heterocycles. The van der Waals surface area contributed by atoms with Gasteiger partial charge in [0, 0.05) is 18.0 Å². The molecule has 0 spiro atoms. The average molecular weight is 449 g/mol. The van der Waals surface area contributed by atoms with Crippen molar-refractivity contribution in [3.05, 3.63) is 77.2 Å². The molecule has 1 aliphatic carbocycles. The molecule has 0 bridgehead atoms. The fourth-order valence-electron chi connectivity index (χ4n) is 3.92. The summed E-state index contributed by atoms with van der Waals surface area (Å²) >= 11 is 0. The highest BCUT2D eigenvalue weighted by atomic mass is 16.5. The van der Waals surface area contributed by atoms with Crippen LogP contribution in [0.25, 0.3) is 11.1 Å². The Balaban J connectivity index is 1.30. The summed E-state index contributed by atoms with van der Waals surface area (Å²) < 4.78 is 10.5. The summed E-state index contributed by atoms with van der Waals surface area (Å²) in [5, 5.41) is 17.5. The molecule has 1 aliphatic rings. The fraction of sp³-hybridized carbons (Fsp3) is 0.250. The topological polar surface area (TPSA) is 131 Å². The van der Waals surface area contributed by atoms with Gasteiger partial charge in [-0.1, -0.05) is 53.7 Å². The first kappa shape index (κ1) is 22.1. The normalized spacial score (nSPS) is 13.0. The molecule has 3 N–H and O–H groups in total. The van der Waals surface area contributed by atoms with E-state index in [2.05, 4.69) is 27.9 Å². The minimum atomic E-state index is -1.02. The number of hydrogen-bond donors (Lipinski definition) is 3. The number of carbonyl (C=O) groups is 3. The van der Waals surface area contributed by atoms with E-state index in [4.69, 9.17) is 14.4 Å². The Labute approximate surface area is 189 Å². The van der Waals surface area contributed by atoms with E-state index in [0.29, 0.717) is 0 Å². The van der Waals surface area contributed by atoms with Gasteiger partial charge in [0.25, 0.3) is 5.91 Å². The van der Waals surface area contributed by atoms with Crippen molar-refractivity contribution in [1.82, 2.24) is 15.8 Å². The minimum absolute atomic E-state index is 0.00317. The van der Waals surface area contributed by atoms with E-state index in [9.17, 15) is 14.4 Å². The number of carbonyl (C=O) groups excluding carboxylic acids is 2. The monoisotopic (exact) mass is 449 g/mol. The third-order valence-electron chi connectivity index (χ3n) is 5.40. The molecule has 0 unspecified atom stereocenters. The second-order valence-corrected chi connectivity index (χ2v) is 7.83. The molecule has 33 heavy (non-hydrogen) atoms. The quantitative estimate of drug-likeness (QED) is 0.481. The summed E-state index contributed by atoms with van der Waals surface area (Å²) in [6.07, 6.45) is -0.825. The maximum atomic E-state index is 12.3. The number of ether oxygens (including phenoxy) is 1. The van der Waals surface area contributed by atoms with Gasteiger partial charge in [-0.05, 0) is 29.2 Å². The van der Waals surface area contributed by atoms with Crippen molar-refractivity contribution in [3.8, 4) is 11.1 Å². The lowest BCUT2D eigenvalue weighted by Gasteiger charge is -2.14. The van der Waals surface area contributed by atoms with E-state index in [-0.39, 0.29) is 36.9 Å². The number of rotatable bonds is 8. The molecule has 1 atom stereocenters. The molecule has 0 radical (unpaired) electrons. The molecule has 1 aromatic heterocycles. The molecule has 9 heteroatoms. The molecule has 0 saturated carbocycles. The summed E-state index contributed by atoms with van der Waals surface area (Å²) in [7, 11) is 0. The lowest BCUT2D eigenvalue weighted by atomic mass is 9.98. The zero-order valence-electron chi connectivity index (χ0n) is 17.9. The number of aromatic nitrogens is 1. The number of aliphatic carboxylic acids is 1. The number of nitrogens with zero attached hydrogens (tertiary/aromatic N) is 1. The van der Waals surface area contributed by atoms with E-state index >= 15 is 0 Å². The summed E-state index contributed by atoms with van der Waals surface area (Å²) in [4.78, 5) is 35.1. The third-order valence-corrected chi connectivity index (χ3v) is 5.40. The van der Waals surface area contributed by atoms with Crippen LogP contribution in [0.4, 0.5) is 4.79 Å². The zero-order valence-corrected chi connectivity index (χ0v) is 17.9. The van der Waals surface area contributed by atoms with Crippen LogP contribution in [0.5, 0.6) is 0 Å². The van der Waals surface area contributed by atoms with Crippen LogP contribution < -0.4 is 10.6 Å². The highest BCUT2D eigenvalue weighted by Crippen LogP contribution is 2.44. The smallest absolute Gasteiger partial charge is 0.407 e. The number of benzene rings is 2. The van der Waals surface area contributed by atoms with Crippen LogP contribution in [-0.4, -0.2) is 40.9 Å². The van der Waals surface area contributed by atoms with Crippen LogP contribution in [0.1, 0.15) is 46.6 Å². The van der Waals surface area contributed by atoms with Gasteiger partial charge in [0.1, 0.15) is 6.61 Å². The third kappa shape index (κ3) is 5.03. The lowest BCUT2D eigenvalue weighted by molar-refractivity contribution is -0.137. The van der Waals surface area contributed by atoms with Crippen molar-refractivity contribution in [2.45, 2.75) is 31.8 Å². The van der Waals surface area contributed by atoms with Gasteiger partial charge in [0.05, 0.1) is 13.0 Å². The van der Waals surface area contributed by atoms with E-state index < -0.39 is 24.0 Å². The molecule has 2 amide bonds. The highest BCUT2D eigenvalue weighted by molar-refractivity contribution is 5.92. The number of nitrogens with one attached hydrogen (secondary N) is 2. The number of hydrogen-bond acceptors (Lipinski definition) is 6. The minimum Gasteiger partial charge on any atom is -0.481 e. The molecular weight excluding hydrogens is 426 g/mol. The van der Waals surface area contributed by atoms with Crippen LogP contribution in [0.2, 0.25) is 0 Å². The second kappa shape index (κ2) is 9.56. The first-order chi connectivity index (χ1) is 15.9. The number of amides is 2. The van der Waals surface area contributed by atoms with E-state index in [0.717, 1.165) is 22.3 Å². The van der Waals surface area contributed by atoms with Gasteiger partial charge in [-0.15, -0.1) is 0 Å². The van der Waals surface area contributed by atoms with Gasteiger partial charge in [0.2, 0.25) is 0 Å². The molecule has 4 rings (SSSR count). The largest absolute Gasteiger partial charge is 0.481 e. The summed E-state index contributed by atoms with van der Waals surface area (Å²) in [6.45, 7) is 1.75. The molecular formula is C24H23N3O6. The molecule has 0 fully saturated rings. The molecule has 170 valence electrons. The lowest BCUT2D eigenvalue weighted by Crippen LogP contribution is -2.34. The number of carboxylic acid groups (broad SMARTS) is 1. The van der Waals surface area contributed by atoms with Crippen LogP contribution in [0.3, 0.4) is 0 Å². The van der Waals surface area contributed by atoms with Crippen LogP contribution in [0, 0.1) is 0 Å². The van der Waals surface area contributed by atoms with E-state index in [1.54, 1.807) is 6.92 Å². The molecule has 2 aromatic carbocycles. The van der Waals surface area contributed by atoms with E-state index in [1.807, 2.05) is 36.4 Å². The average Bonchev–Trinajstić information content (AvgIpc) is 3.39. The molecule has 1 heterocycles. The van der Waals surface area contributed by atoms with Gasteiger partial charge >= 0.3 is 12.1 Å². The fourth-order valence-corrected chi connectivity index (χ4v) is 3.92. The Morgan fingerprint density at radius 1 is 1.09 bits per heavy atom. The number of alkyl carbamates (subject to hydrolysis) is 1. The first-order valence-corrected chi connectivity index (χ1v) is 10.5. The highest BCUT2D eigenvalue weighted by Gasteiger charge is 2.29. The predicted molar refractivity (Wildman–Crippen MR) is 118 cm³/mol. The Morgan fingerprint density at radius 3 is 2.36 bits per heavy atom. The van der Waals surface area contributed by atoms with Crippen molar-refractivity contribution in [1.29, 1.82) is 0 Å². The van der Waals surface area contributed by atoms with Crippen molar-refractivity contribution >= 4 is 18.0 Å². The van der Waals surface area contributed by atoms with Crippen molar-refractivity contribution in [2.24, 2.45) is 0 Å². The number of fused-ring (bicyclic) bond motifs is 3. The number of carboxylic acids is 1. The summed E-state index contributed by atoms with van der Waals surface area (Å²) in [5.74, 6) is -1.35. The summed E-state index contributed by atoms with van der Waals surface area (Å²) in [5.41, 5.74) is 4.53. The van der Waals surface area contributed by atoms with Crippen LogP contribution in [0.15, 0.2) is 59.1 Å². The first-order valence-electron chi connectivity index (χ1n) is 10.5. The maximum absolute atomic E-state index is 12.3. The molecule has 3 aromatic rings. The van der Waals surface area contributed by atoms with Gasteiger partial charge in [-0.2, -0.15) is 0 Å². The predicted octanol–water partition coefficient (Wildman–Crippen LogP) is 3.31. The molecule has 0 saturated heterocycles. The Kier molecular flexibility index (Phi) is 6.39.